The van der Waals surface area contributed by atoms with E-state index in [2.05, 4.69) is 28.9 Å². The molecule has 1 amide bonds. The highest BCUT2D eigenvalue weighted by molar-refractivity contribution is 5.95. The summed E-state index contributed by atoms with van der Waals surface area (Å²) in [6.45, 7) is 9.70. The number of nitrogens with zero attached hydrogens (tertiary/aromatic N) is 3. The van der Waals surface area contributed by atoms with Crippen molar-refractivity contribution in [3.8, 4) is 11.8 Å². The number of allylic oxidation sites excluding steroid dienone is 3. The van der Waals surface area contributed by atoms with Gasteiger partial charge in [-0.2, -0.15) is 5.26 Å². The molecule has 1 aliphatic heterocycles. The zero-order valence-corrected chi connectivity index (χ0v) is 27.0. The Morgan fingerprint density at radius 1 is 1.22 bits per heavy atom. The third kappa shape index (κ3) is 8.99. The van der Waals surface area contributed by atoms with Crippen LogP contribution in [0, 0.1) is 23.1 Å². The summed E-state index contributed by atoms with van der Waals surface area (Å²) in [7, 11) is 0. The summed E-state index contributed by atoms with van der Waals surface area (Å²) in [5.41, 5.74) is 1.31. The van der Waals surface area contributed by atoms with Gasteiger partial charge in [0.1, 0.15) is 24.3 Å². The smallest absolute Gasteiger partial charge is 0.296 e. The monoisotopic (exact) mass is 626 g/mol. The number of nitrogens with one attached hydrogen (secondary N) is 3. The van der Waals surface area contributed by atoms with E-state index in [-0.39, 0.29) is 30.4 Å². The van der Waals surface area contributed by atoms with E-state index in [9.17, 15) is 19.2 Å². The van der Waals surface area contributed by atoms with Gasteiger partial charge in [0.25, 0.3) is 11.5 Å². The van der Waals surface area contributed by atoms with E-state index < -0.39 is 28.9 Å². The van der Waals surface area contributed by atoms with Gasteiger partial charge in [0.2, 0.25) is 5.75 Å². The third-order valence-electron chi connectivity index (χ3n) is 8.09. The van der Waals surface area contributed by atoms with Crippen molar-refractivity contribution in [3.63, 3.8) is 0 Å². The van der Waals surface area contributed by atoms with E-state index in [1.807, 2.05) is 69.3 Å². The number of ether oxygens (including phenoxy) is 1. The van der Waals surface area contributed by atoms with Crippen LogP contribution in [0.5, 0.6) is 5.75 Å². The molecule has 0 spiro atoms. The van der Waals surface area contributed by atoms with Crippen molar-refractivity contribution < 1.29 is 13.9 Å². The molecule has 0 radical (unpaired) electrons. The van der Waals surface area contributed by atoms with Crippen molar-refractivity contribution in [3.05, 3.63) is 117 Å². The number of carbonyl (C=O) groups is 1. The lowest BCUT2D eigenvalue weighted by atomic mass is 9.92. The lowest BCUT2D eigenvalue weighted by Crippen LogP contribution is -2.48. The molecule has 4 rings (SSSR count). The summed E-state index contributed by atoms with van der Waals surface area (Å²) in [5, 5.41) is 19.6. The van der Waals surface area contributed by atoms with Crippen LogP contribution in [0.2, 0.25) is 0 Å². The largest absolute Gasteiger partial charge is 0.481 e. The van der Waals surface area contributed by atoms with E-state index >= 15 is 0 Å². The molecule has 0 fully saturated rings. The lowest BCUT2D eigenvalue weighted by molar-refractivity contribution is 0.0933. The first-order valence-corrected chi connectivity index (χ1v) is 15.6. The van der Waals surface area contributed by atoms with Crippen molar-refractivity contribution >= 4 is 5.91 Å². The molecule has 242 valence electrons. The van der Waals surface area contributed by atoms with Gasteiger partial charge in [0.15, 0.2) is 5.69 Å². The molecule has 3 unspecified atom stereocenters. The van der Waals surface area contributed by atoms with Gasteiger partial charge in [-0.15, -0.1) is 0 Å². The van der Waals surface area contributed by atoms with Crippen LogP contribution in [0.4, 0.5) is 4.39 Å². The topological polar surface area (TPSA) is 121 Å². The number of hydrogen-bond donors (Lipinski definition) is 3. The van der Waals surface area contributed by atoms with Gasteiger partial charge in [-0.25, -0.2) is 9.37 Å². The molecular formula is C36H43FN6O3. The number of aromatic nitrogens is 2. The van der Waals surface area contributed by atoms with Crippen LogP contribution in [0.15, 0.2) is 83.2 Å². The average molecular weight is 627 g/mol. The fourth-order valence-corrected chi connectivity index (χ4v) is 5.41. The van der Waals surface area contributed by atoms with Gasteiger partial charge in [0, 0.05) is 26.2 Å². The first-order valence-electron chi connectivity index (χ1n) is 15.6. The number of rotatable bonds is 13. The number of amides is 1. The Morgan fingerprint density at radius 2 is 1.96 bits per heavy atom. The van der Waals surface area contributed by atoms with E-state index in [4.69, 9.17) is 9.72 Å². The second-order valence-corrected chi connectivity index (χ2v) is 12.1. The summed E-state index contributed by atoms with van der Waals surface area (Å²) in [5.74, 6) is -0.629. The molecule has 0 saturated heterocycles. The summed E-state index contributed by atoms with van der Waals surface area (Å²) in [6.07, 6.45) is 7.69. The van der Waals surface area contributed by atoms with Gasteiger partial charge in [0.05, 0.1) is 11.6 Å². The van der Waals surface area contributed by atoms with E-state index in [1.54, 1.807) is 16.7 Å². The summed E-state index contributed by atoms with van der Waals surface area (Å²) < 4.78 is 21.1. The molecule has 3 aromatic rings. The Morgan fingerprint density at radius 3 is 2.65 bits per heavy atom. The molecule has 9 nitrogen and oxygen atoms in total. The van der Waals surface area contributed by atoms with Crippen molar-refractivity contribution in [2.75, 3.05) is 13.2 Å². The Hall–Kier alpha value is -4.59. The van der Waals surface area contributed by atoms with Crippen molar-refractivity contribution in [1.82, 2.24) is 25.5 Å². The fourth-order valence-electron chi connectivity index (χ4n) is 5.41. The molecule has 2 heterocycles. The molecule has 0 aliphatic carbocycles. The molecule has 0 bridgehead atoms. The second kappa shape index (κ2) is 16.1. The Labute approximate surface area is 270 Å². The average Bonchev–Trinajstić information content (AvgIpc) is 3.18. The maximum atomic E-state index is 14.2. The van der Waals surface area contributed by atoms with Crippen LogP contribution in [0.1, 0.15) is 68.0 Å². The second-order valence-electron chi connectivity index (χ2n) is 12.1. The van der Waals surface area contributed by atoms with Crippen LogP contribution >= 0.6 is 0 Å². The summed E-state index contributed by atoms with van der Waals surface area (Å²) >= 11 is 0. The van der Waals surface area contributed by atoms with Crippen LogP contribution in [0.3, 0.4) is 0 Å². The summed E-state index contributed by atoms with van der Waals surface area (Å²) in [6, 6.07) is 16.3. The third-order valence-corrected chi connectivity index (χ3v) is 8.09. The van der Waals surface area contributed by atoms with Gasteiger partial charge < -0.3 is 15.4 Å². The van der Waals surface area contributed by atoms with E-state index in [1.165, 1.54) is 17.7 Å². The zero-order valence-electron chi connectivity index (χ0n) is 27.0. The predicted octanol–water partition coefficient (Wildman–Crippen LogP) is 5.13. The quantitative estimate of drug-likeness (QED) is 0.137. The molecule has 46 heavy (non-hydrogen) atoms. The Kier molecular flexibility index (Phi) is 12.0. The van der Waals surface area contributed by atoms with Crippen LogP contribution in [-0.4, -0.2) is 34.7 Å². The number of hydrogen-bond acceptors (Lipinski definition) is 7. The van der Waals surface area contributed by atoms with E-state index in [0.29, 0.717) is 37.6 Å². The van der Waals surface area contributed by atoms with Crippen molar-refractivity contribution in [2.45, 2.75) is 71.7 Å². The number of carbonyl (C=O) groups excluding carboxylic acids is 1. The van der Waals surface area contributed by atoms with Crippen LogP contribution in [0.25, 0.3) is 0 Å². The molecule has 1 aromatic heterocycles. The van der Waals surface area contributed by atoms with Crippen molar-refractivity contribution in [1.29, 1.82) is 5.26 Å². The molecule has 2 aromatic carbocycles. The van der Waals surface area contributed by atoms with Gasteiger partial charge >= 0.3 is 0 Å². The molecule has 3 atom stereocenters. The number of benzene rings is 2. The predicted molar refractivity (Wildman–Crippen MR) is 177 cm³/mol. The summed E-state index contributed by atoms with van der Waals surface area (Å²) in [4.78, 5) is 32.9. The Bertz CT molecular complexity index is 1650. The normalized spacial score (nSPS) is 18.8. The minimum Gasteiger partial charge on any atom is -0.481 e. The van der Waals surface area contributed by atoms with Crippen LogP contribution in [-0.2, 0) is 25.1 Å². The van der Waals surface area contributed by atoms with Crippen LogP contribution < -0.4 is 26.2 Å². The molecule has 3 N–H and O–H groups in total. The standard InChI is InChI=1S/C36H43FN6O3/c1-5-6-10-25(2)21-39-24-40-36(4)18-17-26(3)22-43-34(45)32(46-23-28-11-8-7-9-12-28)31(42-35(36)43)33(44)41-30(20-38)19-27-13-15-29(37)16-14-27/h5-16,26,30,39-40H,17-19,21-24H2,1-4H3,(H,41,44). The van der Waals surface area contributed by atoms with Gasteiger partial charge in [-0.05, 0) is 62.8 Å². The SMILES string of the molecule is CC=CC=C(C)CNCNC1(C)CCC(C)Cn2c1nc(C(=O)NC(C#N)Cc1ccc(F)cc1)c(OCc1ccccc1)c2=O. The molecule has 10 heteroatoms. The highest BCUT2D eigenvalue weighted by Crippen LogP contribution is 2.32. The number of nitriles is 1. The number of fused-ring (bicyclic) bond motifs is 1. The molecular weight excluding hydrogens is 583 g/mol. The first-order chi connectivity index (χ1) is 22.1. The first kappa shape index (κ1) is 34.3. The highest BCUT2D eigenvalue weighted by atomic mass is 19.1. The highest BCUT2D eigenvalue weighted by Gasteiger charge is 2.37. The zero-order chi connectivity index (χ0) is 33.1. The maximum Gasteiger partial charge on any atom is 0.296 e. The minimum atomic E-state index is -0.948. The minimum absolute atomic E-state index is 0.0593. The number of halogens is 1. The fraction of sp³-hybridized carbons (Fsp3) is 0.389. The Balaban J connectivity index is 1.69. The van der Waals surface area contributed by atoms with Gasteiger partial charge in [-0.1, -0.05) is 73.2 Å². The van der Waals surface area contributed by atoms with Crippen molar-refractivity contribution in [2.24, 2.45) is 5.92 Å². The molecule has 0 saturated carbocycles. The molecule has 1 aliphatic rings. The lowest BCUT2D eigenvalue weighted by Gasteiger charge is -2.31. The van der Waals surface area contributed by atoms with E-state index in [0.717, 1.165) is 12.0 Å². The van der Waals surface area contributed by atoms with Gasteiger partial charge in [-0.3, -0.25) is 19.5 Å². The maximum absolute atomic E-state index is 14.2.